The van der Waals surface area contributed by atoms with E-state index in [2.05, 4.69) is 0 Å². The fraction of sp³-hybridized carbons (Fsp3) is 0.417. The lowest BCUT2D eigenvalue weighted by Gasteiger charge is -2.27. The van der Waals surface area contributed by atoms with Crippen LogP contribution < -0.4 is 4.90 Å². The molecule has 1 rings (SSSR count). The first-order chi connectivity index (χ1) is 7.07. The molecule has 0 saturated carbocycles. The average Bonchev–Trinajstić information content (AvgIpc) is 2.18. The highest BCUT2D eigenvalue weighted by Gasteiger charge is 2.21. The topological polar surface area (TPSA) is 40.5 Å². The summed E-state index contributed by atoms with van der Waals surface area (Å²) in [5.41, 5.74) is 2.08. The second-order valence-corrected chi connectivity index (χ2v) is 3.66. The minimum Gasteiger partial charge on any atom is -0.480 e. The Balaban J connectivity index is 2.97. The largest absolute Gasteiger partial charge is 0.480 e. The molecule has 0 aromatic heterocycles. The minimum absolute atomic E-state index is 0.453. The third-order valence-electron chi connectivity index (χ3n) is 2.63. The van der Waals surface area contributed by atoms with Crippen molar-refractivity contribution in [1.82, 2.24) is 0 Å². The summed E-state index contributed by atoms with van der Waals surface area (Å²) >= 11 is 0. The van der Waals surface area contributed by atoms with Gasteiger partial charge in [-0.25, -0.2) is 4.79 Å². The van der Waals surface area contributed by atoms with Crippen LogP contribution >= 0.6 is 0 Å². The number of benzene rings is 1. The fourth-order valence-corrected chi connectivity index (χ4v) is 1.74. The Morgan fingerprint density at radius 3 is 2.53 bits per heavy atom. The number of carboxylic acid groups (broad SMARTS) is 1. The number of likely N-dealkylation sites (N-methyl/N-ethyl adjacent to an activating group) is 1. The molecule has 3 nitrogen and oxygen atoms in total. The Morgan fingerprint density at radius 1 is 1.47 bits per heavy atom. The lowest BCUT2D eigenvalue weighted by atomic mass is 10.1. The van der Waals surface area contributed by atoms with Gasteiger partial charge >= 0.3 is 5.97 Å². The van der Waals surface area contributed by atoms with Crippen molar-refractivity contribution in [2.75, 3.05) is 11.9 Å². The summed E-state index contributed by atoms with van der Waals surface area (Å²) in [6, 6.07) is 7.36. The van der Waals surface area contributed by atoms with E-state index >= 15 is 0 Å². The summed E-state index contributed by atoms with van der Waals surface area (Å²) < 4.78 is 0. The molecule has 0 aliphatic rings. The second kappa shape index (κ2) is 4.82. The van der Waals surface area contributed by atoms with Crippen LogP contribution in [-0.2, 0) is 4.79 Å². The molecule has 0 spiro atoms. The number of carbonyl (C=O) groups is 1. The van der Waals surface area contributed by atoms with E-state index in [0.29, 0.717) is 6.42 Å². The van der Waals surface area contributed by atoms with Crippen molar-refractivity contribution >= 4 is 11.7 Å². The highest BCUT2D eigenvalue weighted by molar-refractivity contribution is 5.78. The highest BCUT2D eigenvalue weighted by atomic mass is 16.4. The van der Waals surface area contributed by atoms with Gasteiger partial charge in [-0.15, -0.1) is 0 Å². The van der Waals surface area contributed by atoms with Crippen LogP contribution in [0.25, 0.3) is 0 Å². The standard InChI is InChI=1S/C12H17NO2/c1-4-10(12(14)15)13(3)11-8-6-5-7-9(11)2/h5-8,10H,4H2,1-3H3,(H,14,15). The van der Waals surface area contributed by atoms with Gasteiger partial charge in [-0.2, -0.15) is 0 Å². The quantitative estimate of drug-likeness (QED) is 0.823. The first-order valence-corrected chi connectivity index (χ1v) is 5.09. The molecule has 82 valence electrons. The molecule has 0 aliphatic heterocycles. The number of anilines is 1. The SMILES string of the molecule is CCC(C(=O)O)N(C)c1ccccc1C. The van der Waals surface area contributed by atoms with E-state index in [0.717, 1.165) is 11.3 Å². The summed E-state index contributed by atoms with van der Waals surface area (Å²) in [5, 5.41) is 9.05. The van der Waals surface area contributed by atoms with Gasteiger partial charge in [0.05, 0.1) is 0 Å². The van der Waals surface area contributed by atoms with Crippen molar-refractivity contribution in [3.63, 3.8) is 0 Å². The van der Waals surface area contributed by atoms with Crippen LogP contribution in [0.4, 0.5) is 5.69 Å². The maximum Gasteiger partial charge on any atom is 0.326 e. The number of hydrogen-bond donors (Lipinski definition) is 1. The molecule has 0 fully saturated rings. The average molecular weight is 207 g/mol. The van der Waals surface area contributed by atoms with Crippen molar-refractivity contribution in [2.24, 2.45) is 0 Å². The first kappa shape index (κ1) is 11.6. The zero-order valence-electron chi connectivity index (χ0n) is 9.40. The van der Waals surface area contributed by atoms with Crippen LogP contribution in [-0.4, -0.2) is 24.2 Å². The molecular weight excluding hydrogens is 190 g/mol. The number of carboxylic acids is 1. The van der Waals surface area contributed by atoms with Gasteiger partial charge in [-0.1, -0.05) is 25.1 Å². The van der Waals surface area contributed by atoms with Gasteiger partial charge in [-0.3, -0.25) is 0 Å². The van der Waals surface area contributed by atoms with Gasteiger partial charge in [0.2, 0.25) is 0 Å². The Bertz CT molecular complexity index is 349. The van der Waals surface area contributed by atoms with Crippen LogP contribution in [0, 0.1) is 6.92 Å². The maximum atomic E-state index is 11.0. The van der Waals surface area contributed by atoms with E-state index in [1.54, 1.807) is 0 Å². The lowest BCUT2D eigenvalue weighted by Crippen LogP contribution is -2.38. The zero-order chi connectivity index (χ0) is 11.4. The van der Waals surface area contributed by atoms with Crippen LogP contribution in [0.5, 0.6) is 0 Å². The number of aliphatic carboxylic acids is 1. The number of hydrogen-bond acceptors (Lipinski definition) is 2. The molecule has 1 aromatic carbocycles. The molecule has 0 saturated heterocycles. The predicted octanol–water partition coefficient (Wildman–Crippen LogP) is 2.29. The summed E-state index contributed by atoms with van der Waals surface area (Å²) in [5.74, 6) is -0.775. The van der Waals surface area contributed by atoms with E-state index in [1.165, 1.54) is 0 Å². The highest BCUT2D eigenvalue weighted by Crippen LogP contribution is 2.21. The normalized spacial score (nSPS) is 12.2. The smallest absolute Gasteiger partial charge is 0.326 e. The third kappa shape index (κ3) is 2.49. The number of nitrogens with zero attached hydrogens (tertiary/aromatic N) is 1. The Morgan fingerprint density at radius 2 is 2.07 bits per heavy atom. The first-order valence-electron chi connectivity index (χ1n) is 5.09. The van der Waals surface area contributed by atoms with Crippen LogP contribution in [0.1, 0.15) is 18.9 Å². The molecule has 1 unspecified atom stereocenters. The summed E-state index contributed by atoms with van der Waals surface area (Å²) in [6.07, 6.45) is 0.597. The molecule has 0 aliphatic carbocycles. The molecule has 0 radical (unpaired) electrons. The molecular formula is C12H17NO2. The molecule has 15 heavy (non-hydrogen) atoms. The van der Waals surface area contributed by atoms with Gasteiger partial charge in [0.15, 0.2) is 0 Å². The van der Waals surface area contributed by atoms with Gasteiger partial charge in [0.1, 0.15) is 6.04 Å². The number of aryl methyl sites for hydroxylation is 1. The fourth-order valence-electron chi connectivity index (χ4n) is 1.74. The van der Waals surface area contributed by atoms with Crippen molar-refractivity contribution < 1.29 is 9.90 Å². The van der Waals surface area contributed by atoms with E-state index in [4.69, 9.17) is 5.11 Å². The molecule has 0 bridgehead atoms. The Kier molecular flexibility index (Phi) is 3.72. The predicted molar refractivity (Wildman–Crippen MR) is 61.3 cm³/mol. The van der Waals surface area contributed by atoms with Crippen LogP contribution in [0.15, 0.2) is 24.3 Å². The molecule has 1 aromatic rings. The minimum atomic E-state index is -0.775. The van der Waals surface area contributed by atoms with Crippen molar-refractivity contribution in [2.45, 2.75) is 26.3 Å². The van der Waals surface area contributed by atoms with Gasteiger partial charge in [0.25, 0.3) is 0 Å². The van der Waals surface area contributed by atoms with Gasteiger partial charge < -0.3 is 10.0 Å². The van der Waals surface area contributed by atoms with Crippen molar-refractivity contribution in [3.05, 3.63) is 29.8 Å². The molecule has 0 amide bonds. The van der Waals surface area contributed by atoms with Gasteiger partial charge in [0, 0.05) is 12.7 Å². The van der Waals surface area contributed by atoms with Crippen LogP contribution in [0.3, 0.4) is 0 Å². The monoisotopic (exact) mass is 207 g/mol. The summed E-state index contributed by atoms with van der Waals surface area (Å²) in [6.45, 7) is 3.87. The van der Waals surface area contributed by atoms with Crippen molar-refractivity contribution in [3.8, 4) is 0 Å². The number of rotatable bonds is 4. The zero-order valence-corrected chi connectivity index (χ0v) is 9.40. The molecule has 1 atom stereocenters. The molecule has 3 heteroatoms. The number of para-hydroxylation sites is 1. The second-order valence-electron chi connectivity index (χ2n) is 3.66. The summed E-state index contributed by atoms with van der Waals surface area (Å²) in [4.78, 5) is 12.8. The van der Waals surface area contributed by atoms with Crippen LogP contribution in [0.2, 0.25) is 0 Å². The lowest BCUT2D eigenvalue weighted by molar-refractivity contribution is -0.138. The van der Waals surface area contributed by atoms with Gasteiger partial charge in [-0.05, 0) is 25.0 Å². The van der Waals surface area contributed by atoms with E-state index < -0.39 is 12.0 Å². The van der Waals surface area contributed by atoms with E-state index in [-0.39, 0.29) is 0 Å². The van der Waals surface area contributed by atoms with Crippen molar-refractivity contribution in [1.29, 1.82) is 0 Å². The molecule has 0 heterocycles. The summed E-state index contributed by atoms with van der Waals surface area (Å²) in [7, 11) is 1.82. The van der Waals surface area contributed by atoms with E-state index in [9.17, 15) is 4.79 Å². The molecule has 1 N–H and O–H groups in total. The third-order valence-corrected chi connectivity index (χ3v) is 2.63. The maximum absolute atomic E-state index is 11.0. The van der Waals surface area contributed by atoms with E-state index in [1.807, 2.05) is 50.1 Å². The Hall–Kier alpha value is -1.51. The Labute approximate surface area is 90.3 Å².